The third-order valence-electron chi connectivity index (χ3n) is 4.96. The Morgan fingerprint density at radius 1 is 1.15 bits per heavy atom. The molecule has 1 N–H and O–H groups in total. The third kappa shape index (κ3) is 5.88. The predicted molar refractivity (Wildman–Crippen MR) is 125 cm³/mol. The van der Waals surface area contributed by atoms with E-state index < -0.39 is 4.92 Å². The van der Waals surface area contributed by atoms with Gasteiger partial charge in [-0.1, -0.05) is 35.5 Å². The zero-order chi connectivity index (χ0) is 23.2. The number of hydrogen-bond acceptors (Lipinski definition) is 8. The number of aromatic nitrogens is 3. The van der Waals surface area contributed by atoms with Gasteiger partial charge in [0.15, 0.2) is 11.0 Å². The van der Waals surface area contributed by atoms with E-state index in [0.717, 1.165) is 24.6 Å². The Balaban J connectivity index is 1.51. The first kappa shape index (κ1) is 23.2. The van der Waals surface area contributed by atoms with E-state index in [9.17, 15) is 14.9 Å². The minimum absolute atomic E-state index is 0.00925. The summed E-state index contributed by atoms with van der Waals surface area (Å²) in [6, 6.07) is 13.3. The van der Waals surface area contributed by atoms with Crippen LogP contribution < -0.4 is 5.32 Å². The summed E-state index contributed by atoms with van der Waals surface area (Å²) in [7, 11) is 0. The molecule has 4 rings (SSSR count). The van der Waals surface area contributed by atoms with Crippen molar-refractivity contribution in [2.75, 3.05) is 37.4 Å². The van der Waals surface area contributed by atoms with Crippen LogP contribution in [0.3, 0.4) is 0 Å². The maximum Gasteiger partial charge on any atom is 0.292 e. The van der Waals surface area contributed by atoms with Gasteiger partial charge in [0.05, 0.1) is 30.4 Å². The molecule has 0 aliphatic carbocycles. The molecule has 2 aromatic carbocycles. The Bertz CT molecular complexity index is 1130. The first-order chi connectivity index (χ1) is 16.0. The number of ether oxygens (including phenoxy) is 1. The van der Waals surface area contributed by atoms with Crippen molar-refractivity contribution in [2.24, 2.45) is 0 Å². The maximum absolute atomic E-state index is 12.5. The molecule has 1 aromatic heterocycles. The first-order valence-electron chi connectivity index (χ1n) is 10.2. The number of thioether (sulfide) groups is 1. The summed E-state index contributed by atoms with van der Waals surface area (Å²) < 4.78 is 7.32. The van der Waals surface area contributed by atoms with Gasteiger partial charge < -0.3 is 10.1 Å². The van der Waals surface area contributed by atoms with Crippen molar-refractivity contribution in [3.8, 4) is 5.69 Å². The van der Waals surface area contributed by atoms with Gasteiger partial charge in [-0.15, -0.1) is 10.2 Å². The summed E-state index contributed by atoms with van der Waals surface area (Å²) >= 11 is 7.26. The van der Waals surface area contributed by atoms with Crippen molar-refractivity contribution in [1.82, 2.24) is 19.7 Å². The highest BCUT2D eigenvalue weighted by atomic mass is 35.5. The second-order valence-electron chi connectivity index (χ2n) is 7.21. The van der Waals surface area contributed by atoms with Crippen LogP contribution >= 0.6 is 23.4 Å². The number of carbonyl (C=O) groups is 1. The number of para-hydroxylation sites is 2. The van der Waals surface area contributed by atoms with Gasteiger partial charge in [-0.05, 0) is 30.3 Å². The van der Waals surface area contributed by atoms with Crippen LogP contribution in [0, 0.1) is 10.1 Å². The van der Waals surface area contributed by atoms with Crippen LogP contribution in [0.4, 0.5) is 11.4 Å². The van der Waals surface area contributed by atoms with E-state index in [4.69, 9.17) is 16.3 Å². The number of nitro groups is 1. The van der Waals surface area contributed by atoms with Gasteiger partial charge in [-0.2, -0.15) is 0 Å². The number of halogens is 1. The molecule has 0 saturated carbocycles. The number of nitrogens with zero attached hydrogens (tertiary/aromatic N) is 5. The Labute approximate surface area is 199 Å². The van der Waals surface area contributed by atoms with E-state index in [0.29, 0.717) is 29.9 Å². The normalized spacial score (nSPS) is 14.2. The van der Waals surface area contributed by atoms with E-state index in [2.05, 4.69) is 20.4 Å². The van der Waals surface area contributed by atoms with Crippen molar-refractivity contribution in [3.63, 3.8) is 0 Å². The Morgan fingerprint density at radius 3 is 2.61 bits per heavy atom. The average Bonchev–Trinajstić information content (AvgIpc) is 3.21. The molecule has 10 nitrogen and oxygen atoms in total. The molecule has 12 heteroatoms. The summed E-state index contributed by atoms with van der Waals surface area (Å²) in [4.78, 5) is 25.4. The Morgan fingerprint density at radius 2 is 1.88 bits per heavy atom. The minimum Gasteiger partial charge on any atom is -0.379 e. The number of rotatable bonds is 8. The van der Waals surface area contributed by atoms with Crippen molar-refractivity contribution in [2.45, 2.75) is 11.7 Å². The first-order valence-corrected chi connectivity index (χ1v) is 11.5. The fraction of sp³-hybridized carbons (Fsp3) is 0.286. The van der Waals surface area contributed by atoms with Crippen LogP contribution in [-0.2, 0) is 16.1 Å². The quantitative estimate of drug-likeness (QED) is 0.291. The van der Waals surface area contributed by atoms with Gasteiger partial charge >= 0.3 is 0 Å². The summed E-state index contributed by atoms with van der Waals surface area (Å²) in [5.74, 6) is 0.366. The fourth-order valence-electron chi connectivity index (χ4n) is 3.36. The lowest BCUT2D eigenvalue weighted by Crippen LogP contribution is -2.36. The van der Waals surface area contributed by atoms with Crippen molar-refractivity contribution < 1.29 is 14.5 Å². The van der Waals surface area contributed by atoms with Gasteiger partial charge in [-0.3, -0.25) is 24.4 Å². The van der Waals surface area contributed by atoms with Gasteiger partial charge in [-0.25, -0.2) is 0 Å². The summed E-state index contributed by atoms with van der Waals surface area (Å²) in [5.41, 5.74) is 0.822. The summed E-state index contributed by atoms with van der Waals surface area (Å²) in [6.07, 6.45) is 0. The number of hydrogen-bond donors (Lipinski definition) is 1. The molecule has 2 heterocycles. The van der Waals surface area contributed by atoms with E-state index in [1.165, 1.54) is 23.9 Å². The summed E-state index contributed by atoms with van der Waals surface area (Å²) in [5, 5.41) is 23.6. The van der Waals surface area contributed by atoms with Gasteiger partial charge in [0.25, 0.3) is 5.69 Å². The van der Waals surface area contributed by atoms with Crippen LogP contribution in [0.2, 0.25) is 5.02 Å². The molecule has 0 atom stereocenters. The Hall–Kier alpha value is -2.99. The number of benzene rings is 2. The van der Waals surface area contributed by atoms with Crippen molar-refractivity contribution in [1.29, 1.82) is 0 Å². The molecule has 1 aliphatic heterocycles. The molecule has 33 heavy (non-hydrogen) atoms. The lowest BCUT2D eigenvalue weighted by atomic mass is 10.2. The highest BCUT2D eigenvalue weighted by molar-refractivity contribution is 7.99. The Kier molecular flexibility index (Phi) is 7.55. The minimum atomic E-state index is -0.530. The smallest absolute Gasteiger partial charge is 0.292 e. The topological polar surface area (TPSA) is 115 Å². The monoisotopic (exact) mass is 488 g/mol. The maximum atomic E-state index is 12.5. The number of anilines is 1. The fourth-order valence-corrected chi connectivity index (χ4v) is 4.26. The highest BCUT2D eigenvalue weighted by Crippen LogP contribution is 2.26. The predicted octanol–water partition coefficient (Wildman–Crippen LogP) is 3.39. The zero-order valence-electron chi connectivity index (χ0n) is 17.5. The molecular weight excluding hydrogens is 468 g/mol. The molecule has 172 valence electrons. The molecule has 0 unspecified atom stereocenters. The number of nitro benzene ring substituents is 1. The number of nitrogens with one attached hydrogen (secondary N) is 1. The molecule has 1 fully saturated rings. The lowest BCUT2D eigenvalue weighted by Gasteiger charge is -2.26. The van der Waals surface area contributed by atoms with Crippen LogP contribution in [0.5, 0.6) is 0 Å². The lowest BCUT2D eigenvalue weighted by molar-refractivity contribution is -0.383. The van der Waals surface area contributed by atoms with Crippen LogP contribution in [0.1, 0.15) is 5.82 Å². The van der Waals surface area contributed by atoms with Crippen molar-refractivity contribution in [3.05, 3.63) is 69.5 Å². The highest BCUT2D eigenvalue weighted by Gasteiger charge is 2.20. The second-order valence-corrected chi connectivity index (χ2v) is 8.59. The molecule has 3 aromatic rings. The van der Waals surface area contributed by atoms with Gasteiger partial charge in [0, 0.05) is 29.9 Å². The SMILES string of the molecule is O=C(CSc1nnc(CN2CCOCC2)n1-c1ccc(Cl)cc1)Nc1ccccc1[N+](=O)[O-]. The number of amides is 1. The molecule has 0 bridgehead atoms. The van der Waals surface area contributed by atoms with E-state index in [1.807, 2.05) is 16.7 Å². The van der Waals surface area contributed by atoms with E-state index in [-0.39, 0.29) is 23.0 Å². The third-order valence-corrected chi connectivity index (χ3v) is 6.14. The number of carbonyl (C=O) groups excluding carboxylic acids is 1. The largest absolute Gasteiger partial charge is 0.379 e. The second kappa shape index (κ2) is 10.8. The van der Waals surface area contributed by atoms with Gasteiger partial charge in [0.2, 0.25) is 5.91 Å². The average molecular weight is 489 g/mol. The summed E-state index contributed by atoms with van der Waals surface area (Å²) in [6.45, 7) is 3.52. The molecular formula is C21H21ClN6O4S. The molecule has 1 aliphatic rings. The van der Waals surface area contributed by atoms with Crippen LogP contribution in [0.15, 0.2) is 53.7 Å². The van der Waals surface area contributed by atoms with Crippen molar-refractivity contribution >= 4 is 40.6 Å². The van der Waals surface area contributed by atoms with Crippen LogP contribution in [-0.4, -0.2) is 62.6 Å². The molecule has 0 spiro atoms. The molecule has 0 radical (unpaired) electrons. The molecule has 1 saturated heterocycles. The number of morpholine rings is 1. The van der Waals surface area contributed by atoms with E-state index in [1.54, 1.807) is 24.3 Å². The molecule has 1 amide bonds. The van der Waals surface area contributed by atoms with Gasteiger partial charge in [0.1, 0.15) is 5.69 Å². The standard InChI is InChI=1S/C21H21ClN6O4S/c22-15-5-7-16(8-6-15)27-19(13-26-9-11-32-12-10-26)24-25-21(27)33-14-20(29)23-17-3-1-2-4-18(17)28(30)31/h1-8H,9-14H2,(H,23,29). The zero-order valence-corrected chi connectivity index (χ0v) is 19.1. The van der Waals surface area contributed by atoms with E-state index >= 15 is 0 Å². The van der Waals surface area contributed by atoms with Crippen LogP contribution in [0.25, 0.3) is 5.69 Å².